The number of carbonyl (C=O) groups excluding carboxylic acids is 1. The van der Waals surface area contributed by atoms with Gasteiger partial charge in [-0.2, -0.15) is 0 Å². The zero-order valence-electron chi connectivity index (χ0n) is 7.54. The quantitative estimate of drug-likeness (QED) is 0.265. The van der Waals surface area contributed by atoms with E-state index in [9.17, 15) is 18.0 Å². The van der Waals surface area contributed by atoms with Gasteiger partial charge in [-0.1, -0.05) is 5.11 Å². The lowest BCUT2D eigenvalue weighted by atomic mass is 10.1. The molecule has 0 aliphatic heterocycles. The molecule has 84 valence electrons. The molecule has 0 unspecified atom stereocenters. The third kappa shape index (κ3) is 1.59. The number of anilines is 1. The van der Waals surface area contributed by atoms with Crippen LogP contribution in [0.1, 0.15) is 10.4 Å². The fourth-order valence-electron chi connectivity index (χ4n) is 1.04. The molecule has 1 amide bonds. The van der Waals surface area contributed by atoms with Gasteiger partial charge < -0.3 is 11.5 Å². The van der Waals surface area contributed by atoms with Crippen LogP contribution in [0.2, 0.25) is 0 Å². The van der Waals surface area contributed by atoms with Crippen molar-refractivity contribution in [3.63, 3.8) is 0 Å². The minimum Gasteiger partial charge on any atom is -0.396 e. The number of halogens is 3. The molecule has 1 aromatic rings. The van der Waals surface area contributed by atoms with Crippen molar-refractivity contribution >= 4 is 17.3 Å². The summed E-state index contributed by atoms with van der Waals surface area (Å²) in [6.07, 6.45) is 0. The lowest BCUT2D eigenvalue weighted by molar-refractivity contribution is 0.0996. The summed E-state index contributed by atoms with van der Waals surface area (Å²) in [4.78, 5) is 12.8. The molecule has 0 saturated carbocycles. The highest BCUT2D eigenvalue weighted by molar-refractivity contribution is 5.99. The van der Waals surface area contributed by atoms with E-state index in [0.717, 1.165) is 0 Å². The topological polar surface area (TPSA) is 118 Å². The van der Waals surface area contributed by atoms with Gasteiger partial charge in [0.2, 0.25) is 0 Å². The first-order valence-corrected chi connectivity index (χ1v) is 3.72. The molecular formula is C7H4F3N5O. The van der Waals surface area contributed by atoms with Crippen LogP contribution in [0.3, 0.4) is 0 Å². The molecule has 0 aromatic heterocycles. The number of carbonyl (C=O) groups is 1. The average Bonchev–Trinajstić information content (AvgIpc) is 2.21. The highest BCUT2D eigenvalue weighted by Crippen LogP contribution is 2.32. The maximum Gasteiger partial charge on any atom is 0.254 e. The molecule has 0 atom stereocenters. The predicted molar refractivity (Wildman–Crippen MR) is 48.1 cm³/mol. The van der Waals surface area contributed by atoms with E-state index in [1.54, 1.807) is 0 Å². The van der Waals surface area contributed by atoms with Crippen molar-refractivity contribution in [2.75, 3.05) is 5.73 Å². The van der Waals surface area contributed by atoms with Crippen LogP contribution >= 0.6 is 0 Å². The Morgan fingerprint density at radius 3 is 2.25 bits per heavy atom. The molecule has 6 nitrogen and oxygen atoms in total. The van der Waals surface area contributed by atoms with Gasteiger partial charge in [-0.3, -0.25) is 4.79 Å². The lowest BCUT2D eigenvalue weighted by Crippen LogP contribution is -2.18. The molecule has 1 aromatic carbocycles. The van der Waals surface area contributed by atoms with Gasteiger partial charge in [0.05, 0.1) is 5.69 Å². The number of nitrogen functional groups attached to an aromatic ring is 1. The number of hydrogen-bond acceptors (Lipinski definition) is 3. The monoisotopic (exact) mass is 231 g/mol. The van der Waals surface area contributed by atoms with E-state index >= 15 is 0 Å². The normalized spacial score (nSPS) is 9.69. The van der Waals surface area contributed by atoms with Gasteiger partial charge in [0.1, 0.15) is 11.3 Å². The Morgan fingerprint density at radius 2 is 1.81 bits per heavy atom. The zero-order chi connectivity index (χ0) is 12.5. The van der Waals surface area contributed by atoms with Gasteiger partial charge in [-0.15, -0.1) is 0 Å². The smallest absolute Gasteiger partial charge is 0.254 e. The van der Waals surface area contributed by atoms with Crippen molar-refractivity contribution in [1.82, 2.24) is 0 Å². The zero-order valence-corrected chi connectivity index (χ0v) is 7.54. The molecule has 4 N–H and O–H groups in total. The molecule has 0 saturated heterocycles. The molecular weight excluding hydrogens is 227 g/mol. The second kappa shape index (κ2) is 3.99. The Kier molecular flexibility index (Phi) is 2.91. The fraction of sp³-hybridized carbons (Fsp3) is 0. The number of primary amides is 1. The Bertz CT molecular complexity index is 461. The summed E-state index contributed by atoms with van der Waals surface area (Å²) in [7, 11) is 0. The predicted octanol–water partition coefficient (Wildman–Crippen LogP) is 1.73. The van der Waals surface area contributed by atoms with Crippen LogP contribution in [0.15, 0.2) is 5.11 Å². The molecule has 0 radical (unpaired) electrons. The second-order valence-electron chi connectivity index (χ2n) is 2.63. The highest BCUT2D eigenvalue weighted by atomic mass is 19.2. The highest BCUT2D eigenvalue weighted by Gasteiger charge is 2.25. The second-order valence-corrected chi connectivity index (χ2v) is 2.63. The minimum atomic E-state index is -1.82. The van der Waals surface area contributed by atoms with Crippen molar-refractivity contribution < 1.29 is 18.0 Å². The van der Waals surface area contributed by atoms with Crippen LogP contribution in [-0.2, 0) is 0 Å². The summed E-state index contributed by atoms with van der Waals surface area (Å²) in [6.45, 7) is 0. The van der Waals surface area contributed by atoms with Gasteiger partial charge in [-0.05, 0) is 5.53 Å². The average molecular weight is 231 g/mol. The third-order valence-electron chi connectivity index (χ3n) is 1.72. The number of benzene rings is 1. The molecule has 0 bridgehead atoms. The van der Waals surface area contributed by atoms with Crippen LogP contribution in [-0.4, -0.2) is 5.91 Å². The molecule has 0 heterocycles. The summed E-state index contributed by atoms with van der Waals surface area (Å²) in [5.41, 5.74) is 14.3. The molecule has 0 aliphatic rings. The Labute approximate surface area is 86.3 Å². The molecule has 0 spiro atoms. The van der Waals surface area contributed by atoms with E-state index in [1.165, 1.54) is 0 Å². The van der Waals surface area contributed by atoms with Crippen molar-refractivity contribution in [3.8, 4) is 0 Å². The van der Waals surface area contributed by atoms with Crippen LogP contribution in [0.4, 0.5) is 24.5 Å². The molecule has 0 fully saturated rings. The standard InChI is InChI=1S/C7H4F3N5O/c8-2-1(7(12)16)5(11)4(10)6(3(2)9)14-15-13/h11H2,(H2,12,16). The maximum atomic E-state index is 13.2. The number of nitrogens with zero attached hydrogens (tertiary/aromatic N) is 3. The number of nitrogens with two attached hydrogens (primary N) is 2. The molecule has 9 heteroatoms. The van der Waals surface area contributed by atoms with E-state index in [4.69, 9.17) is 11.3 Å². The Morgan fingerprint density at radius 1 is 1.25 bits per heavy atom. The fourth-order valence-corrected chi connectivity index (χ4v) is 1.04. The van der Waals surface area contributed by atoms with Crippen LogP contribution < -0.4 is 11.5 Å². The maximum absolute atomic E-state index is 13.2. The lowest BCUT2D eigenvalue weighted by Gasteiger charge is -2.08. The van der Waals surface area contributed by atoms with Crippen molar-refractivity contribution in [3.05, 3.63) is 33.5 Å². The Hall–Kier alpha value is -2.41. The van der Waals surface area contributed by atoms with Crippen molar-refractivity contribution in [1.29, 1.82) is 0 Å². The van der Waals surface area contributed by atoms with E-state index in [1.807, 2.05) is 0 Å². The van der Waals surface area contributed by atoms with E-state index in [2.05, 4.69) is 15.8 Å². The largest absolute Gasteiger partial charge is 0.396 e. The number of amides is 1. The van der Waals surface area contributed by atoms with Crippen LogP contribution in [0.5, 0.6) is 0 Å². The van der Waals surface area contributed by atoms with E-state index < -0.39 is 40.3 Å². The van der Waals surface area contributed by atoms with Gasteiger partial charge >= 0.3 is 0 Å². The third-order valence-corrected chi connectivity index (χ3v) is 1.72. The van der Waals surface area contributed by atoms with Crippen molar-refractivity contribution in [2.45, 2.75) is 0 Å². The Balaban J connectivity index is 3.76. The summed E-state index contributed by atoms with van der Waals surface area (Å²) in [5, 5.41) is 2.59. The van der Waals surface area contributed by atoms with Gasteiger partial charge in [0.15, 0.2) is 17.5 Å². The first-order chi connectivity index (χ1) is 7.41. The molecule has 0 aliphatic carbocycles. The summed E-state index contributed by atoms with van der Waals surface area (Å²) < 4.78 is 39.5. The van der Waals surface area contributed by atoms with Crippen molar-refractivity contribution in [2.24, 2.45) is 10.8 Å². The number of rotatable bonds is 2. The summed E-state index contributed by atoms with van der Waals surface area (Å²) in [5.74, 6) is -6.54. The summed E-state index contributed by atoms with van der Waals surface area (Å²) in [6, 6.07) is 0. The van der Waals surface area contributed by atoms with Gasteiger partial charge in [0, 0.05) is 4.91 Å². The summed E-state index contributed by atoms with van der Waals surface area (Å²) >= 11 is 0. The first-order valence-electron chi connectivity index (χ1n) is 3.72. The number of hydrogen-bond donors (Lipinski definition) is 2. The van der Waals surface area contributed by atoms with Gasteiger partial charge in [-0.25, -0.2) is 13.2 Å². The van der Waals surface area contributed by atoms with E-state index in [0.29, 0.717) is 0 Å². The van der Waals surface area contributed by atoms with E-state index in [-0.39, 0.29) is 0 Å². The number of azide groups is 1. The minimum absolute atomic E-state index is 1.01. The van der Waals surface area contributed by atoms with Crippen LogP contribution in [0, 0.1) is 17.5 Å². The SMILES string of the molecule is [N-]=[N+]=Nc1c(F)c(N)c(C(N)=O)c(F)c1F. The van der Waals surface area contributed by atoms with Crippen LogP contribution in [0.25, 0.3) is 10.4 Å². The molecule has 1 rings (SSSR count). The molecule has 16 heavy (non-hydrogen) atoms. The van der Waals surface area contributed by atoms with Gasteiger partial charge in [0.25, 0.3) is 5.91 Å². The first kappa shape index (κ1) is 11.7.